The summed E-state index contributed by atoms with van der Waals surface area (Å²) in [7, 11) is 0. The number of primary amides is 1. The topological polar surface area (TPSA) is 118 Å². The van der Waals surface area contributed by atoms with E-state index in [-0.39, 0.29) is 0 Å². The third-order valence-corrected chi connectivity index (χ3v) is 0.550. The Morgan fingerprint density at radius 2 is 1.00 bits per heavy atom. The van der Waals surface area contributed by atoms with Crippen molar-refractivity contribution >= 4 is 17.8 Å². The molecule has 84 valence electrons. The van der Waals surface area contributed by atoms with E-state index in [0.29, 0.717) is 0 Å². The minimum absolute atomic E-state index is 0.481. The highest BCUT2D eigenvalue weighted by molar-refractivity contribution is 5.85. The molecule has 1 amide bonds. The van der Waals surface area contributed by atoms with Gasteiger partial charge in [-0.15, -0.1) is 0 Å². The van der Waals surface area contributed by atoms with Crippen molar-refractivity contribution < 1.29 is 24.6 Å². The Balaban J connectivity index is -0.000000144. The van der Waals surface area contributed by atoms with Crippen molar-refractivity contribution in [3.05, 3.63) is 38.0 Å². The molecule has 0 saturated heterocycles. The number of carboxylic acids is 2. The van der Waals surface area contributed by atoms with Gasteiger partial charge in [0.25, 0.3) is 0 Å². The quantitative estimate of drug-likeness (QED) is 0.580. The number of hydrogen-bond donors (Lipinski definition) is 3. The second-order valence-electron chi connectivity index (χ2n) is 1.69. The van der Waals surface area contributed by atoms with Gasteiger partial charge in [-0.25, -0.2) is 9.59 Å². The van der Waals surface area contributed by atoms with Gasteiger partial charge in [0.1, 0.15) is 0 Å². The molecule has 0 aliphatic carbocycles. The first kappa shape index (κ1) is 18.4. The molecule has 0 fully saturated rings. The molecule has 4 N–H and O–H groups in total. The number of carbonyl (C=O) groups excluding carboxylic acids is 1. The second-order valence-corrected chi connectivity index (χ2v) is 1.69. The maximum Gasteiger partial charge on any atom is 0.327 e. The summed E-state index contributed by atoms with van der Waals surface area (Å²) in [4.78, 5) is 28.0. The Morgan fingerprint density at radius 3 is 1.00 bits per heavy atom. The summed E-state index contributed by atoms with van der Waals surface area (Å²) in [6.45, 7) is 9.01. The maximum absolute atomic E-state index is 9.47. The Bertz CT molecular complexity index is 214. The van der Waals surface area contributed by atoms with Crippen molar-refractivity contribution in [3.63, 3.8) is 0 Å². The summed E-state index contributed by atoms with van der Waals surface area (Å²) in [5.41, 5.74) is 4.53. The number of hydrogen-bond acceptors (Lipinski definition) is 3. The summed E-state index contributed by atoms with van der Waals surface area (Å²) in [6.07, 6.45) is 2.72. The Hall–Kier alpha value is -2.37. The van der Waals surface area contributed by atoms with Crippen molar-refractivity contribution in [2.75, 3.05) is 0 Å². The van der Waals surface area contributed by atoms with Crippen LogP contribution in [0.3, 0.4) is 0 Å². The molecule has 6 heteroatoms. The van der Waals surface area contributed by atoms with Gasteiger partial charge in [-0.05, 0) is 6.08 Å². The van der Waals surface area contributed by atoms with E-state index in [4.69, 9.17) is 10.2 Å². The minimum atomic E-state index is -0.981. The standard InChI is InChI=1S/C3H5NO.2C3H4O2/c3*1-2-3(4)5/h2H,1H2,(H2,4,5);2*2H,1H2,(H,4,5). The molecule has 0 aromatic rings. The summed E-state index contributed by atoms with van der Waals surface area (Å²) in [6, 6.07) is 0. The molecule has 15 heavy (non-hydrogen) atoms. The zero-order chi connectivity index (χ0) is 12.9. The van der Waals surface area contributed by atoms with Crippen molar-refractivity contribution in [2.45, 2.75) is 0 Å². The number of aliphatic carboxylic acids is 2. The number of carboxylic acid groups (broad SMARTS) is 2. The highest BCUT2D eigenvalue weighted by atomic mass is 16.4. The van der Waals surface area contributed by atoms with E-state index in [1.165, 1.54) is 0 Å². The Morgan fingerprint density at radius 1 is 0.867 bits per heavy atom. The van der Waals surface area contributed by atoms with Gasteiger partial charge in [0.2, 0.25) is 5.91 Å². The summed E-state index contributed by atoms with van der Waals surface area (Å²) in [5.74, 6) is -2.44. The van der Waals surface area contributed by atoms with E-state index < -0.39 is 17.8 Å². The predicted molar refractivity (Wildman–Crippen MR) is 55.1 cm³/mol. The molecule has 0 radical (unpaired) electrons. The number of amides is 1. The van der Waals surface area contributed by atoms with Crippen LogP contribution in [-0.2, 0) is 14.4 Å². The zero-order valence-corrected chi connectivity index (χ0v) is 8.05. The second kappa shape index (κ2) is 14.2. The molecule has 0 aromatic heterocycles. The van der Waals surface area contributed by atoms with Crippen LogP contribution in [0.4, 0.5) is 0 Å². The highest BCUT2D eigenvalue weighted by Crippen LogP contribution is 1.55. The normalized spacial score (nSPS) is 6.40. The first-order chi connectivity index (χ1) is 6.81. The average Bonchev–Trinajstić information content (AvgIpc) is 2.19. The molecule has 0 aromatic carbocycles. The Labute approximate surface area is 87.0 Å². The lowest BCUT2D eigenvalue weighted by Gasteiger charge is -1.65. The fraction of sp³-hybridized carbons (Fsp3) is 0. The largest absolute Gasteiger partial charge is 0.478 e. The van der Waals surface area contributed by atoms with Crippen molar-refractivity contribution in [2.24, 2.45) is 5.73 Å². The number of nitrogens with two attached hydrogens (primary N) is 1. The lowest BCUT2D eigenvalue weighted by Crippen LogP contribution is -2.04. The fourth-order valence-electron chi connectivity index (χ4n) is 0. The van der Waals surface area contributed by atoms with E-state index in [9.17, 15) is 14.4 Å². The Kier molecular flexibility index (Phi) is 17.4. The van der Waals surface area contributed by atoms with Crippen LogP contribution in [0.25, 0.3) is 0 Å². The third-order valence-electron chi connectivity index (χ3n) is 0.550. The lowest BCUT2D eigenvalue weighted by atomic mass is 10.6. The van der Waals surface area contributed by atoms with Crippen LogP contribution in [0, 0.1) is 0 Å². The van der Waals surface area contributed by atoms with Crippen molar-refractivity contribution in [1.29, 1.82) is 0 Å². The number of carbonyl (C=O) groups is 3. The van der Waals surface area contributed by atoms with E-state index in [2.05, 4.69) is 25.5 Å². The SMILES string of the molecule is C=CC(=O)O.C=CC(=O)O.C=CC(N)=O. The van der Waals surface area contributed by atoms with Gasteiger partial charge in [0.15, 0.2) is 0 Å². The highest BCUT2D eigenvalue weighted by Gasteiger charge is 1.73. The minimum Gasteiger partial charge on any atom is -0.478 e. The number of rotatable bonds is 3. The van der Waals surface area contributed by atoms with E-state index in [1.54, 1.807) is 0 Å². The fourth-order valence-corrected chi connectivity index (χ4v) is 0. The molecular formula is C9H13NO5. The van der Waals surface area contributed by atoms with E-state index >= 15 is 0 Å². The monoisotopic (exact) mass is 215 g/mol. The van der Waals surface area contributed by atoms with Crippen LogP contribution in [0.15, 0.2) is 38.0 Å². The maximum atomic E-state index is 9.47. The van der Waals surface area contributed by atoms with Crippen LogP contribution < -0.4 is 5.73 Å². The first-order valence-corrected chi connectivity index (χ1v) is 3.44. The van der Waals surface area contributed by atoms with Crippen LogP contribution in [-0.4, -0.2) is 28.1 Å². The molecule has 0 spiro atoms. The van der Waals surface area contributed by atoms with Crippen LogP contribution in [0.1, 0.15) is 0 Å². The van der Waals surface area contributed by atoms with Crippen molar-refractivity contribution in [3.8, 4) is 0 Å². The van der Waals surface area contributed by atoms with Crippen LogP contribution >= 0.6 is 0 Å². The molecule has 0 heterocycles. The molecule has 0 bridgehead atoms. The molecule has 0 aliphatic heterocycles. The molecular weight excluding hydrogens is 202 g/mol. The zero-order valence-electron chi connectivity index (χ0n) is 8.05. The van der Waals surface area contributed by atoms with Gasteiger partial charge in [-0.2, -0.15) is 0 Å². The van der Waals surface area contributed by atoms with Gasteiger partial charge >= 0.3 is 11.9 Å². The molecule has 0 atom stereocenters. The molecule has 0 unspecified atom stereocenters. The molecule has 0 aliphatic rings. The predicted octanol–water partition coefficient (Wildman–Crippen LogP) is 0.172. The van der Waals surface area contributed by atoms with Gasteiger partial charge < -0.3 is 15.9 Å². The first-order valence-electron chi connectivity index (χ1n) is 3.44. The summed E-state index contributed by atoms with van der Waals surface area (Å²) < 4.78 is 0. The van der Waals surface area contributed by atoms with Crippen LogP contribution in [0.2, 0.25) is 0 Å². The van der Waals surface area contributed by atoms with Gasteiger partial charge in [0, 0.05) is 12.2 Å². The van der Waals surface area contributed by atoms with Gasteiger partial charge in [-0.3, -0.25) is 4.79 Å². The molecule has 0 saturated carbocycles. The third kappa shape index (κ3) is 81.9. The van der Waals surface area contributed by atoms with E-state index in [1.807, 2.05) is 0 Å². The summed E-state index contributed by atoms with van der Waals surface area (Å²) >= 11 is 0. The molecule has 0 rings (SSSR count). The van der Waals surface area contributed by atoms with Gasteiger partial charge in [-0.1, -0.05) is 19.7 Å². The van der Waals surface area contributed by atoms with Crippen LogP contribution in [0.5, 0.6) is 0 Å². The molecule has 6 nitrogen and oxygen atoms in total. The van der Waals surface area contributed by atoms with Gasteiger partial charge in [0.05, 0.1) is 0 Å². The van der Waals surface area contributed by atoms with Crippen molar-refractivity contribution in [1.82, 2.24) is 0 Å². The lowest BCUT2D eigenvalue weighted by molar-refractivity contribution is -0.132. The summed E-state index contributed by atoms with van der Waals surface area (Å²) in [5, 5.41) is 15.2. The van der Waals surface area contributed by atoms with E-state index in [0.717, 1.165) is 18.2 Å². The average molecular weight is 215 g/mol. The smallest absolute Gasteiger partial charge is 0.327 e.